The first-order valence-electron chi connectivity index (χ1n) is 6.32. The molecule has 2 rings (SSSR count). The second kappa shape index (κ2) is 6.35. The molecule has 1 aromatic rings. The highest BCUT2D eigenvalue weighted by molar-refractivity contribution is 5.84. The van der Waals surface area contributed by atoms with Gasteiger partial charge in [0.1, 0.15) is 5.82 Å². The fraction of sp³-hybridized carbons (Fsp3) is 0.538. The average Bonchev–Trinajstić information content (AvgIpc) is 2.35. The molecule has 0 aromatic carbocycles. The van der Waals surface area contributed by atoms with Gasteiger partial charge in [0.15, 0.2) is 0 Å². The van der Waals surface area contributed by atoms with Crippen LogP contribution in [0.4, 0.5) is 10.6 Å². The minimum Gasteiger partial charge on any atom is -0.449 e. The van der Waals surface area contributed by atoms with Crippen molar-refractivity contribution in [2.75, 3.05) is 32.1 Å². The zero-order chi connectivity index (χ0) is 12.8. The van der Waals surface area contributed by atoms with Crippen LogP contribution >= 0.6 is 0 Å². The maximum absolute atomic E-state index is 11.6. The number of amides is 1. The lowest BCUT2D eigenvalue weighted by atomic mass is 10.1. The van der Waals surface area contributed by atoms with Gasteiger partial charge >= 0.3 is 6.09 Å². The third-order valence-corrected chi connectivity index (χ3v) is 3.02. The highest BCUT2D eigenvalue weighted by Gasteiger charge is 2.10. The van der Waals surface area contributed by atoms with Gasteiger partial charge in [-0.05, 0) is 44.5 Å². The molecule has 5 nitrogen and oxygen atoms in total. The maximum atomic E-state index is 11.6. The fourth-order valence-corrected chi connectivity index (χ4v) is 2.04. The van der Waals surface area contributed by atoms with Crippen molar-refractivity contribution in [1.29, 1.82) is 0 Å². The molecule has 0 atom stereocenters. The number of hydrogen-bond acceptors (Lipinski definition) is 4. The van der Waals surface area contributed by atoms with Gasteiger partial charge in [-0.2, -0.15) is 0 Å². The molecule has 1 amide bonds. The van der Waals surface area contributed by atoms with E-state index in [0.29, 0.717) is 12.4 Å². The maximum Gasteiger partial charge on any atom is 0.412 e. The lowest BCUT2D eigenvalue weighted by Crippen LogP contribution is -2.25. The van der Waals surface area contributed by atoms with Crippen molar-refractivity contribution in [3.05, 3.63) is 23.9 Å². The molecule has 18 heavy (non-hydrogen) atoms. The van der Waals surface area contributed by atoms with Crippen LogP contribution in [0.1, 0.15) is 18.4 Å². The predicted molar refractivity (Wildman–Crippen MR) is 69.6 cm³/mol. The van der Waals surface area contributed by atoms with Gasteiger partial charge in [-0.3, -0.25) is 5.32 Å². The molecule has 1 aliphatic rings. The first kappa shape index (κ1) is 12.8. The van der Waals surface area contributed by atoms with Crippen LogP contribution in [0.3, 0.4) is 0 Å². The number of fused-ring (bicyclic) bond motifs is 1. The van der Waals surface area contributed by atoms with E-state index in [1.807, 2.05) is 12.1 Å². The summed E-state index contributed by atoms with van der Waals surface area (Å²) in [5.74, 6) is 0.616. The van der Waals surface area contributed by atoms with Crippen molar-refractivity contribution in [3.8, 4) is 0 Å². The largest absolute Gasteiger partial charge is 0.449 e. The van der Waals surface area contributed by atoms with Gasteiger partial charge in [0, 0.05) is 12.7 Å². The Balaban J connectivity index is 2.10. The normalized spacial score (nSPS) is 18.8. The number of rotatable bonds is 0. The number of carbonyl (C=O) groups is 1. The standard InChI is InChI=1S/C13H19N3O2/c1-16-8-3-6-11-5-2-7-14-12(11)15-13(17)18-10-4-9-16/h2,5,7H,3-4,6,8-10H2,1H3,(H,14,15,17). The molecule has 1 aromatic heterocycles. The number of cyclic esters (lactones) is 1. The third-order valence-electron chi connectivity index (χ3n) is 3.02. The van der Waals surface area contributed by atoms with Crippen molar-refractivity contribution in [3.63, 3.8) is 0 Å². The molecule has 5 heteroatoms. The Kier molecular flexibility index (Phi) is 4.52. The van der Waals surface area contributed by atoms with Crippen LogP contribution in [0.2, 0.25) is 0 Å². The number of ether oxygens (including phenoxy) is 1. The zero-order valence-corrected chi connectivity index (χ0v) is 10.7. The van der Waals surface area contributed by atoms with Gasteiger partial charge in [0.25, 0.3) is 0 Å². The van der Waals surface area contributed by atoms with Crippen LogP contribution in [0.5, 0.6) is 0 Å². The van der Waals surface area contributed by atoms with E-state index < -0.39 is 6.09 Å². The van der Waals surface area contributed by atoms with Crippen molar-refractivity contribution in [1.82, 2.24) is 9.88 Å². The van der Waals surface area contributed by atoms with E-state index >= 15 is 0 Å². The second-order valence-electron chi connectivity index (χ2n) is 4.53. The molecule has 0 bridgehead atoms. The van der Waals surface area contributed by atoms with Crippen LogP contribution in [0, 0.1) is 0 Å². The molecule has 0 aliphatic carbocycles. The summed E-state index contributed by atoms with van der Waals surface area (Å²) >= 11 is 0. The van der Waals surface area contributed by atoms with E-state index in [1.54, 1.807) is 6.20 Å². The third kappa shape index (κ3) is 3.70. The highest BCUT2D eigenvalue weighted by atomic mass is 16.5. The Morgan fingerprint density at radius 1 is 1.39 bits per heavy atom. The summed E-state index contributed by atoms with van der Waals surface area (Å²) in [6, 6.07) is 3.88. The quantitative estimate of drug-likeness (QED) is 0.763. The molecule has 1 aliphatic heterocycles. The summed E-state index contributed by atoms with van der Waals surface area (Å²) in [6.07, 6.45) is 4.09. The second-order valence-corrected chi connectivity index (χ2v) is 4.53. The van der Waals surface area contributed by atoms with Crippen molar-refractivity contribution < 1.29 is 9.53 Å². The van der Waals surface area contributed by atoms with E-state index in [1.165, 1.54) is 0 Å². The van der Waals surface area contributed by atoms with Gasteiger partial charge in [0.05, 0.1) is 6.61 Å². The molecular formula is C13H19N3O2. The Morgan fingerprint density at radius 2 is 2.22 bits per heavy atom. The number of aryl methyl sites for hydroxylation is 1. The Bertz CT molecular complexity index is 409. The molecule has 0 spiro atoms. The first-order chi connectivity index (χ1) is 8.75. The molecule has 0 unspecified atom stereocenters. The summed E-state index contributed by atoms with van der Waals surface area (Å²) in [7, 11) is 2.09. The first-order valence-corrected chi connectivity index (χ1v) is 6.32. The average molecular weight is 249 g/mol. The monoisotopic (exact) mass is 249 g/mol. The predicted octanol–water partition coefficient (Wildman–Crippen LogP) is 1.90. The molecule has 0 saturated carbocycles. The molecule has 0 radical (unpaired) electrons. The number of nitrogens with zero attached hydrogens (tertiary/aromatic N) is 2. The van der Waals surface area contributed by atoms with Crippen molar-refractivity contribution in [2.24, 2.45) is 0 Å². The summed E-state index contributed by atoms with van der Waals surface area (Å²) in [4.78, 5) is 18.0. The van der Waals surface area contributed by atoms with Gasteiger partial charge < -0.3 is 9.64 Å². The zero-order valence-electron chi connectivity index (χ0n) is 10.7. The minimum atomic E-state index is -0.418. The van der Waals surface area contributed by atoms with E-state index in [-0.39, 0.29) is 0 Å². The Morgan fingerprint density at radius 3 is 3.11 bits per heavy atom. The van der Waals surface area contributed by atoms with Crippen LogP contribution in [-0.4, -0.2) is 42.7 Å². The van der Waals surface area contributed by atoms with Crippen LogP contribution in [0.15, 0.2) is 18.3 Å². The Hall–Kier alpha value is -1.62. The minimum absolute atomic E-state index is 0.418. The van der Waals surface area contributed by atoms with E-state index in [2.05, 4.69) is 22.2 Å². The van der Waals surface area contributed by atoms with Gasteiger partial charge in [0.2, 0.25) is 0 Å². The Labute approximate surface area is 107 Å². The molecule has 0 fully saturated rings. The smallest absolute Gasteiger partial charge is 0.412 e. The van der Waals surface area contributed by atoms with Crippen LogP contribution in [0.25, 0.3) is 0 Å². The lowest BCUT2D eigenvalue weighted by Gasteiger charge is -2.18. The van der Waals surface area contributed by atoms with Gasteiger partial charge in [-0.25, -0.2) is 9.78 Å². The number of aromatic nitrogens is 1. The van der Waals surface area contributed by atoms with Gasteiger partial charge in [-0.1, -0.05) is 6.07 Å². The molecule has 1 N–H and O–H groups in total. The number of carbonyl (C=O) groups excluding carboxylic acids is 1. The van der Waals surface area contributed by atoms with Crippen LogP contribution < -0.4 is 5.32 Å². The number of pyridine rings is 1. The fourth-order valence-electron chi connectivity index (χ4n) is 2.04. The highest BCUT2D eigenvalue weighted by Crippen LogP contribution is 2.14. The molecule has 2 heterocycles. The van der Waals surface area contributed by atoms with E-state index in [4.69, 9.17) is 4.74 Å². The number of nitrogens with one attached hydrogen (secondary N) is 1. The van der Waals surface area contributed by atoms with E-state index in [0.717, 1.165) is 37.9 Å². The number of hydrogen-bond donors (Lipinski definition) is 1. The van der Waals surface area contributed by atoms with Crippen LogP contribution in [-0.2, 0) is 11.2 Å². The van der Waals surface area contributed by atoms with E-state index in [9.17, 15) is 4.79 Å². The van der Waals surface area contributed by atoms with Crippen molar-refractivity contribution >= 4 is 11.9 Å². The van der Waals surface area contributed by atoms with Crippen molar-refractivity contribution in [2.45, 2.75) is 19.3 Å². The summed E-state index contributed by atoms with van der Waals surface area (Å²) in [6.45, 7) is 2.44. The lowest BCUT2D eigenvalue weighted by molar-refractivity contribution is 0.154. The molecule has 0 saturated heterocycles. The topological polar surface area (TPSA) is 54.5 Å². The SMILES string of the molecule is CN1CCCOC(=O)Nc2ncccc2CCC1. The van der Waals surface area contributed by atoms with Gasteiger partial charge in [-0.15, -0.1) is 0 Å². The summed E-state index contributed by atoms with van der Waals surface area (Å²) < 4.78 is 5.10. The molecule has 98 valence electrons. The number of anilines is 1. The molecular weight excluding hydrogens is 230 g/mol. The summed E-state index contributed by atoms with van der Waals surface area (Å²) in [5, 5.41) is 2.70. The summed E-state index contributed by atoms with van der Waals surface area (Å²) in [5.41, 5.74) is 1.06.